The maximum atomic E-state index is 12.7. The summed E-state index contributed by atoms with van der Waals surface area (Å²) in [6, 6.07) is 0. The number of nitrogens with one attached hydrogen (secondary N) is 1. The number of alkyl halides is 3. The van der Waals surface area contributed by atoms with Gasteiger partial charge in [-0.1, -0.05) is 34.8 Å². The molecule has 0 aromatic rings. The second-order valence-corrected chi connectivity index (χ2v) is 10.9. The van der Waals surface area contributed by atoms with Gasteiger partial charge in [0, 0.05) is 0 Å². The summed E-state index contributed by atoms with van der Waals surface area (Å²) in [7, 11) is -2.84. The van der Waals surface area contributed by atoms with Gasteiger partial charge in [0.25, 0.3) is 3.79 Å². The third-order valence-electron chi connectivity index (χ3n) is 4.17. The molecule has 0 spiro atoms. The Morgan fingerprint density at radius 3 is 2.23 bits per heavy atom. The van der Waals surface area contributed by atoms with Gasteiger partial charge >= 0.3 is 0 Å². The van der Waals surface area contributed by atoms with Gasteiger partial charge in [-0.15, -0.1) is 0 Å². The van der Waals surface area contributed by atoms with Gasteiger partial charge in [-0.3, -0.25) is 9.97 Å². The van der Waals surface area contributed by atoms with E-state index in [2.05, 4.69) is 0 Å². The predicted molar refractivity (Wildman–Crippen MR) is 95.5 cm³/mol. The van der Waals surface area contributed by atoms with Crippen LogP contribution in [0.4, 0.5) is 0 Å². The van der Waals surface area contributed by atoms with Crippen LogP contribution in [0.3, 0.4) is 0 Å². The van der Waals surface area contributed by atoms with E-state index in [4.69, 9.17) is 68.4 Å². The highest BCUT2D eigenvalue weighted by Crippen LogP contribution is 2.51. The minimum Gasteiger partial charge on any atom is -0.462 e. The van der Waals surface area contributed by atoms with Gasteiger partial charge in [-0.2, -0.15) is 0 Å². The standard InChI is InChI=1S/C14H21Cl3NO7P/c1-12(2)20-5-6(22-12)7-8-9(24-13(3,4)23-8)10(26(19)25-7)21-11(18)14(15,16)17/h6-10,18,26H,5H2,1-4H3/t6-,7-,8+,9+,10-/m1/s1. The Morgan fingerprint density at radius 1 is 1.08 bits per heavy atom. The van der Waals surface area contributed by atoms with Crippen molar-refractivity contribution in [3.05, 3.63) is 0 Å². The molecule has 3 rings (SSSR count). The molecule has 3 aliphatic heterocycles. The summed E-state index contributed by atoms with van der Waals surface area (Å²) in [5.74, 6) is -3.54. The number of hydrogen-bond acceptors (Lipinski definition) is 8. The molecule has 0 aromatic heterocycles. The lowest BCUT2D eigenvalue weighted by molar-refractivity contribution is -0.173. The summed E-state index contributed by atoms with van der Waals surface area (Å²) in [5, 5.41) is 7.75. The average Bonchev–Trinajstić information content (AvgIpc) is 2.99. The zero-order valence-corrected chi connectivity index (χ0v) is 17.9. The van der Waals surface area contributed by atoms with Gasteiger partial charge in [-0.05, 0) is 27.7 Å². The summed E-state index contributed by atoms with van der Waals surface area (Å²) in [6.45, 7) is 7.25. The van der Waals surface area contributed by atoms with Crippen molar-refractivity contribution in [2.45, 2.75) is 73.3 Å². The Morgan fingerprint density at radius 2 is 1.69 bits per heavy atom. The number of rotatable bonds is 2. The Balaban J connectivity index is 1.83. The van der Waals surface area contributed by atoms with Crippen LogP contribution in [0.2, 0.25) is 0 Å². The monoisotopic (exact) mass is 451 g/mol. The zero-order chi connectivity index (χ0) is 19.5. The summed E-state index contributed by atoms with van der Waals surface area (Å²) in [5.41, 5.74) is 0. The fraction of sp³-hybridized carbons (Fsp3) is 0.929. The van der Waals surface area contributed by atoms with Crippen molar-refractivity contribution >= 4 is 48.7 Å². The minimum atomic E-state index is -2.84. The van der Waals surface area contributed by atoms with Crippen molar-refractivity contribution in [2.75, 3.05) is 6.61 Å². The smallest absolute Gasteiger partial charge is 0.265 e. The highest BCUT2D eigenvalue weighted by Gasteiger charge is 2.59. The molecule has 0 amide bonds. The molecule has 3 heterocycles. The van der Waals surface area contributed by atoms with E-state index in [1.807, 2.05) is 0 Å². The van der Waals surface area contributed by atoms with Gasteiger partial charge < -0.3 is 28.2 Å². The Bertz CT molecular complexity index is 612. The van der Waals surface area contributed by atoms with Crippen LogP contribution in [0.15, 0.2) is 0 Å². The number of hydrogen-bond donors (Lipinski definition) is 1. The molecule has 8 nitrogen and oxygen atoms in total. The second kappa shape index (κ2) is 7.01. The molecule has 0 bridgehead atoms. The second-order valence-electron chi connectivity index (χ2n) is 7.20. The van der Waals surface area contributed by atoms with Gasteiger partial charge in [0.2, 0.25) is 19.8 Å². The zero-order valence-electron chi connectivity index (χ0n) is 14.6. The first-order chi connectivity index (χ1) is 11.8. The fourth-order valence-electron chi connectivity index (χ4n) is 3.18. The van der Waals surface area contributed by atoms with Crippen molar-refractivity contribution in [3.8, 4) is 0 Å². The van der Waals surface area contributed by atoms with Crippen molar-refractivity contribution in [1.29, 1.82) is 5.41 Å². The van der Waals surface area contributed by atoms with E-state index in [0.29, 0.717) is 0 Å². The van der Waals surface area contributed by atoms with E-state index in [9.17, 15) is 4.57 Å². The molecule has 150 valence electrons. The lowest BCUT2D eigenvalue weighted by Crippen LogP contribution is -2.53. The molecule has 0 aromatic carbocycles. The van der Waals surface area contributed by atoms with Gasteiger partial charge in [0.15, 0.2) is 11.6 Å². The Hall–Kier alpha value is 0.370. The Kier molecular flexibility index (Phi) is 5.68. The van der Waals surface area contributed by atoms with Crippen LogP contribution in [-0.2, 0) is 32.8 Å². The maximum absolute atomic E-state index is 12.7. The molecule has 0 aliphatic carbocycles. The van der Waals surface area contributed by atoms with Crippen LogP contribution in [0.25, 0.3) is 0 Å². The van der Waals surface area contributed by atoms with E-state index < -0.39 is 59.6 Å². The molecule has 1 N–H and O–H groups in total. The van der Waals surface area contributed by atoms with Gasteiger partial charge in [-0.25, -0.2) is 0 Å². The van der Waals surface area contributed by atoms with Crippen LogP contribution in [0.1, 0.15) is 27.7 Å². The quantitative estimate of drug-likeness (QED) is 0.297. The van der Waals surface area contributed by atoms with E-state index in [0.717, 1.165) is 0 Å². The summed E-state index contributed by atoms with van der Waals surface area (Å²) < 4.78 is 44.9. The van der Waals surface area contributed by atoms with Gasteiger partial charge in [0.1, 0.15) is 24.4 Å². The molecule has 1 unspecified atom stereocenters. The number of halogens is 3. The molecule has 3 saturated heterocycles. The van der Waals surface area contributed by atoms with E-state index >= 15 is 0 Å². The van der Waals surface area contributed by atoms with Gasteiger partial charge in [0.05, 0.1) is 6.61 Å². The normalized spacial score (nSPS) is 41.7. The average molecular weight is 453 g/mol. The van der Waals surface area contributed by atoms with Crippen LogP contribution in [-0.4, -0.2) is 58.1 Å². The summed E-state index contributed by atoms with van der Waals surface area (Å²) in [4.78, 5) is 0. The van der Waals surface area contributed by atoms with Crippen molar-refractivity contribution in [2.24, 2.45) is 0 Å². The predicted octanol–water partition coefficient (Wildman–Crippen LogP) is 3.22. The molecule has 3 fully saturated rings. The summed E-state index contributed by atoms with van der Waals surface area (Å²) >= 11 is 17.0. The molecule has 6 atom stereocenters. The molecule has 0 radical (unpaired) electrons. The maximum Gasteiger partial charge on any atom is 0.265 e. The van der Waals surface area contributed by atoms with Crippen LogP contribution < -0.4 is 0 Å². The van der Waals surface area contributed by atoms with Crippen LogP contribution in [0.5, 0.6) is 0 Å². The van der Waals surface area contributed by atoms with Crippen molar-refractivity contribution in [3.63, 3.8) is 0 Å². The first kappa shape index (κ1) is 21.1. The highest BCUT2D eigenvalue weighted by atomic mass is 35.6. The van der Waals surface area contributed by atoms with E-state index in [1.54, 1.807) is 27.7 Å². The van der Waals surface area contributed by atoms with Crippen LogP contribution in [0, 0.1) is 5.41 Å². The van der Waals surface area contributed by atoms with E-state index in [-0.39, 0.29) is 6.61 Å². The largest absolute Gasteiger partial charge is 0.462 e. The fourth-order valence-corrected chi connectivity index (χ4v) is 4.74. The molecule has 0 saturated carbocycles. The molecular formula is C14H21Cl3NO7P. The first-order valence-electron chi connectivity index (χ1n) is 7.99. The highest BCUT2D eigenvalue weighted by molar-refractivity contribution is 7.40. The third kappa shape index (κ3) is 4.34. The third-order valence-corrected chi connectivity index (χ3v) is 6.10. The molecule has 3 aliphatic rings. The molecule has 12 heteroatoms. The SMILES string of the molecule is CC1(C)O[C@H]2[C@@H]([C@H]3COC(C)(C)O3)O[PH](=O)[C@@H](OC(=N)C(Cl)(Cl)Cl)[C@H]2O1. The van der Waals surface area contributed by atoms with Crippen LogP contribution >= 0.6 is 42.8 Å². The summed E-state index contributed by atoms with van der Waals surface area (Å²) in [6.07, 6.45) is -2.60. The van der Waals surface area contributed by atoms with Crippen molar-refractivity contribution in [1.82, 2.24) is 0 Å². The lowest BCUT2D eigenvalue weighted by Gasteiger charge is -2.38. The topological polar surface area (TPSA) is 96.3 Å². The number of fused-ring (bicyclic) bond motifs is 1. The van der Waals surface area contributed by atoms with E-state index in [1.165, 1.54) is 0 Å². The first-order valence-corrected chi connectivity index (χ1v) is 10.5. The Labute approximate surface area is 167 Å². The number of ether oxygens (including phenoxy) is 5. The molecular weight excluding hydrogens is 431 g/mol. The van der Waals surface area contributed by atoms with Crippen molar-refractivity contribution < 1.29 is 32.8 Å². The lowest BCUT2D eigenvalue weighted by atomic mass is 10.0. The minimum absolute atomic E-state index is 0.259. The molecule has 26 heavy (non-hydrogen) atoms.